The maximum Gasteiger partial charge on any atom is 0.336 e. The second kappa shape index (κ2) is 4.66. The molecule has 6 nitrogen and oxygen atoms in total. The van der Waals surface area contributed by atoms with Crippen molar-refractivity contribution in [1.29, 1.82) is 5.26 Å². The highest BCUT2D eigenvalue weighted by Crippen LogP contribution is 2.29. The fraction of sp³-hybridized carbons (Fsp3) is 0. The van der Waals surface area contributed by atoms with Gasteiger partial charge < -0.3 is 14.9 Å². The first-order chi connectivity index (χ1) is 9.04. The van der Waals surface area contributed by atoms with E-state index < -0.39 is 11.9 Å². The van der Waals surface area contributed by atoms with Gasteiger partial charge in [-0.15, -0.1) is 5.26 Å². The topological polar surface area (TPSA) is 108 Å². The quantitative estimate of drug-likeness (QED) is 0.815. The van der Waals surface area contributed by atoms with Crippen LogP contribution in [0.25, 0.3) is 10.8 Å². The third-order valence-electron chi connectivity index (χ3n) is 2.61. The molecule has 6 heteroatoms. The molecular weight excluding hydrogens is 250 g/mol. The number of carboxylic acid groups (broad SMARTS) is 2. The van der Waals surface area contributed by atoms with Crippen LogP contribution in [0.5, 0.6) is 5.75 Å². The van der Waals surface area contributed by atoms with Gasteiger partial charge in [-0.3, -0.25) is 0 Å². The number of carboxylic acids is 2. The first-order valence-corrected chi connectivity index (χ1v) is 5.14. The molecule has 2 rings (SSSR count). The molecule has 0 aliphatic rings. The van der Waals surface area contributed by atoms with Crippen LogP contribution in [0.15, 0.2) is 30.3 Å². The molecule has 0 fully saturated rings. The lowest BCUT2D eigenvalue weighted by Gasteiger charge is -2.07. The van der Waals surface area contributed by atoms with Crippen molar-refractivity contribution in [2.24, 2.45) is 0 Å². The van der Waals surface area contributed by atoms with Crippen molar-refractivity contribution in [2.45, 2.75) is 0 Å². The smallest absolute Gasteiger partial charge is 0.336 e. The minimum Gasteiger partial charge on any atom is -0.478 e. The molecule has 94 valence electrons. The Morgan fingerprint density at radius 3 is 2.37 bits per heavy atom. The molecule has 0 unspecified atom stereocenters. The number of hydrogen-bond acceptors (Lipinski definition) is 4. The third kappa shape index (κ3) is 2.17. The van der Waals surface area contributed by atoms with Crippen LogP contribution in [0.1, 0.15) is 20.7 Å². The van der Waals surface area contributed by atoms with Crippen LogP contribution >= 0.6 is 0 Å². The zero-order valence-corrected chi connectivity index (χ0v) is 9.45. The van der Waals surface area contributed by atoms with Gasteiger partial charge in [-0.1, -0.05) is 6.07 Å². The van der Waals surface area contributed by atoms with Crippen molar-refractivity contribution in [2.75, 3.05) is 0 Å². The summed E-state index contributed by atoms with van der Waals surface area (Å²) in [5.74, 6) is -2.17. The number of benzene rings is 2. The van der Waals surface area contributed by atoms with Gasteiger partial charge in [0.2, 0.25) is 0 Å². The lowest BCUT2D eigenvalue weighted by molar-refractivity contribution is 0.0688. The first-order valence-electron chi connectivity index (χ1n) is 5.14. The number of ether oxygens (including phenoxy) is 1. The normalized spacial score (nSPS) is 9.84. The molecule has 19 heavy (non-hydrogen) atoms. The van der Waals surface area contributed by atoms with Gasteiger partial charge in [0.15, 0.2) is 0 Å². The molecule has 0 spiro atoms. The zero-order chi connectivity index (χ0) is 14.0. The Morgan fingerprint density at radius 2 is 1.79 bits per heavy atom. The molecule has 0 heterocycles. The lowest BCUT2D eigenvalue weighted by atomic mass is 10.0. The summed E-state index contributed by atoms with van der Waals surface area (Å²) in [6.07, 6.45) is 1.48. The van der Waals surface area contributed by atoms with Gasteiger partial charge in [0.25, 0.3) is 6.26 Å². The second-order valence-corrected chi connectivity index (χ2v) is 3.68. The summed E-state index contributed by atoms with van der Waals surface area (Å²) >= 11 is 0. The van der Waals surface area contributed by atoms with Gasteiger partial charge in [0, 0.05) is 5.39 Å². The molecule has 2 aromatic rings. The molecule has 0 radical (unpaired) electrons. The molecule has 0 amide bonds. The highest BCUT2D eigenvalue weighted by atomic mass is 16.5. The van der Waals surface area contributed by atoms with Gasteiger partial charge in [0.1, 0.15) is 5.75 Å². The van der Waals surface area contributed by atoms with Crippen molar-refractivity contribution >= 4 is 22.7 Å². The van der Waals surface area contributed by atoms with Gasteiger partial charge in [-0.2, -0.15) is 0 Å². The van der Waals surface area contributed by atoms with E-state index in [-0.39, 0.29) is 22.3 Å². The monoisotopic (exact) mass is 257 g/mol. The molecular formula is C13H7NO5. The summed E-state index contributed by atoms with van der Waals surface area (Å²) < 4.78 is 4.71. The molecule has 0 aromatic heterocycles. The largest absolute Gasteiger partial charge is 0.478 e. The van der Waals surface area contributed by atoms with Crippen LogP contribution in [-0.4, -0.2) is 22.2 Å². The summed E-state index contributed by atoms with van der Waals surface area (Å²) in [6, 6.07) is 6.58. The van der Waals surface area contributed by atoms with Gasteiger partial charge >= 0.3 is 11.9 Å². The number of carbonyl (C=O) groups is 2. The van der Waals surface area contributed by atoms with E-state index in [1.165, 1.54) is 36.6 Å². The average Bonchev–Trinajstić information content (AvgIpc) is 2.38. The fourth-order valence-electron chi connectivity index (χ4n) is 1.78. The number of fused-ring (bicyclic) bond motifs is 1. The maximum atomic E-state index is 11.1. The third-order valence-corrected chi connectivity index (χ3v) is 2.61. The van der Waals surface area contributed by atoms with E-state index in [9.17, 15) is 9.59 Å². The first kappa shape index (κ1) is 12.4. The highest BCUT2D eigenvalue weighted by Gasteiger charge is 2.14. The predicted molar refractivity (Wildman–Crippen MR) is 64.1 cm³/mol. The summed E-state index contributed by atoms with van der Waals surface area (Å²) in [5, 5.41) is 27.1. The molecule has 0 atom stereocenters. The number of hydrogen-bond donors (Lipinski definition) is 2. The van der Waals surface area contributed by atoms with Crippen LogP contribution in [0.3, 0.4) is 0 Å². The average molecular weight is 257 g/mol. The van der Waals surface area contributed by atoms with Crippen molar-refractivity contribution in [1.82, 2.24) is 0 Å². The van der Waals surface area contributed by atoms with E-state index in [0.29, 0.717) is 5.39 Å². The number of rotatable bonds is 3. The Balaban J connectivity index is 2.81. The Labute approximate surface area is 107 Å². The predicted octanol–water partition coefficient (Wildman–Crippen LogP) is 2.10. The molecule has 0 aliphatic heterocycles. The van der Waals surface area contributed by atoms with E-state index in [0.717, 1.165) is 0 Å². The summed E-state index contributed by atoms with van der Waals surface area (Å²) in [7, 11) is 0. The highest BCUT2D eigenvalue weighted by molar-refractivity contribution is 6.07. The summed E-state index contributed by atoms with van der Waals surface area (Å²) in [4.78, 5) is 22.0. The number of nitrogens with zero attached hydrogens (tertiary/aromatic N) is 1. The lowest BCUT2D eigenvalue weighted by Crippen LogP contribution is -2.01. The van der Waals surface area contributed by atoms with E-state index in [1.54, 1.807) is 0 Å². The Bertz CT molecular complexity index is 730. The molecule has 0 aliphatic carbocycles. The van der Waals surface area contributed by atoms with Crippen LogP contribution in [-0.2, 0) is 0 Å². The molecule has 2 aromatic carbocycles. The van der Waals surface area contributed by atoms with Crippen LogP contribution in [0.2, 0.25) is 0 Å². The van der Waals surface area contributed by atoms with Crippen molar-refractivity contribution in [3.05, 3.63) is 41.5 Å². The Kier molecular flexibility index (Phi) is 3.04. The summed E-state index contributed by atoms with van der Waals surface area (Å²) in [6.45, 7) is 0. The molecule has 0 saturated heterocycles. The zero-order valence-electron chi connectivity index (χ0n) is 9.45. The minimum atomic E-state index is -1.15. The maximum absolute atomic E-state index is 11.1. The summed E-state index contributed by atoms with van der Waals surface area (Å²) in [5.41, 5.74) is -0.00458. The van der Waals surface area contributed by atoms with E-state index in [2.05, 4.69) is 0 Å². The van der Waals surface area contributed by atoms with Crippen molar-refractivity contribution in [3.8, 4) is 12.0 Å². The van der Waals surface area contributed by atoms with Crippen LogP contribution in [0, 0.1) is 11.5 Å². The number of aromatic carboxylic acids is 2. The van der Waals surface area contributed by atoms with E-state index >= 15 is 0 Å². The number of nitriles is 1. The minimum absolute atomic E-state index is 0.0113. The van der Waals surface area contributed by atoms with Crippen molar-refractivity contribution < 1.29 is 24.5 Å². The Morgan fingerprint density at radius 1 is 1.05 bits per heavy atom. The van der Waals surface area contributed by atoms with E-state index in [4.69, 9.17) is 20.2 Å². The van der Waals surface area contributed by atoms with Gasteiger partial charge in [-0.05, 0) is 29.7 Å². The van der Waals surface area contributed by atoms with Gasteiger partial charge in [0.05, 0.1) is 11.1 Å². The van der Waals surface area contributed by atoms with Crippen LogP contribution in [0.4, 0.5) is 0 Å². The van der Waals surface area contributed by atoms with Crippen LogP contribution < -0.4 is 4.74 Å². The van der Waals surface area contributed by atoms with Crippen molar-refractivity contribution in [3.63, 3.8) is 0 Å². The second-order valence-electron chi connectivity index (χ2n) is 3.68. The molecule has 0 saturated carbocycles. The fourth-order valence-corrected chi connectivity index (χ4v) is 1.78. The van der Waals surface area contributed by atoms with E-state index in [1.807, 2.05) is 0 Å². The Hall–Kier alpha value is -3.07. The standard InChI is InChI=1S/C13H7NO5/c14-6-19-11-4-3-9(13(17)18)8-2-1-7(12(15)16)5-10(8)11/h1-5H,(H,15,16)(H,17,18). The molecule has 0 bridgehead atoms. The van der Waals surface area contributed by atoms with Gasteiger partial charge in [-0.25, -0.2) is 9.59 Å². The molecule has 2 N–H and O–H groups in total. The SMILES string of the molecule is N#COc1ccc(C(=O)O)c2ccc(C(=O)O)cc12.